The van der Waals surface area contributed by atoms with Gasteiger partial charge in [-0.15, -0.1) is 0 Å². The highest BCUT2D eigenvalue weighted by Gasteiger charge is 2.29. The number of benzene rings is 1. The smallest absolute Gasteiger partial charge is 0.372 e. The lowest BCUT2D eigenvalue weighted by Gasteiger charge is -2.18. The lowest BCUT2D eigenvalue weighted by molar-refractivity contribution is 0.0661. The number of hydrogen-bond donors (Lipinski definition) is 1. The minimum absolute atomic E-state index is 0.0818. The fraction of sp³-hybridized carbons (Fsp3) is 0.308. The van der Waals surface area contributed by atoms with E-state index in [-0.39, 0.29) is 11.2 Å². The van der Waals surface area contributed by atoms with Gasteiger partial charge in [-0.25, -0.2) is 4.79 Å². The molecule has 0 saturated heterocycles. The Kier molecular flexibility index (Phi) is 3.07. The van der Waals surface area contributed by atoms with E-state index in [1.807, 2.05) is 20.8 Å². The minimum atomic E-state index is -1.11. The second-order valence-electron chi connectivity index (χ2n) is 5.13. The highest BCUT2D eigenvalue weighted by Crippen LogP contribution is 2.39. The highest BCUT2D eigenvalue weighted by molar-refractivity contribution is 6.38. The fourth-order valence-corrected chi connectivity index (χ4v) is 2.55. The van der Waals surface area contributed by atoms with Crippen molar-refractivity contribution >= 4 is 40.1 Å². The summed E-state index contributed by atoms with van der Waals surface area (Å²) in [6, 6.07) is 3.21. The zero-order chi connectivity index (χ0) is 13.7. The molecule has 0 saturated carbocycles. The molecule has 0 amide bonds. The second-order valence-corrected chi connectivity index (χ2v) is 5.97. The SMILES string of the molecule is CC(C)(C)c1c(C(=O)O)oc2c(Cl)cc(Cl)cc12. The zero-order valence-corrected chi connectivity index (χ0v) is 11.7. The second kappa shape index (κ2) is 4.18. The molecule has 1 heterocycles. The zero-order valence-electron chi connectivity index (χ0n) is 10.2. The van der Waals surface area contributed by atoms with E-state index in [9.17, 15) is 9.90 Å². The number of carbonyl (C=O) groups is 1. The molecule has 1 aromatic carbocycles. The number of aromatic carboxylic acids is 1. The van der Waals surface area contributed by atoms with Crippen LogP contribution in [-0.4, -0.2) is 11.1 Å². The van der Waals surface area contributed by atoms with E-state index < -0.39 is 5.97 Å². The van der Waals surface area contributed by atoms with Crippen molar-refractivity contribution < 1.29 is 14.3 Å². The van der Waals surface area contributed by atoms with Gasteiger partial charge in [0.1, 0.15) is 0 Å². The first kappa shape index (κ1) is 13.2. The molecule has 0 fully saturated rings. The average Bonchev–Trinajstić information content (AvgIpc) is 2.56. The van der Waals surface area contributed by atoms with Crippen molar-refractivity contribution in [1.29, 1.82) is 0 Å². The van der Waals surface area contributed by atoms with Gasteiger partial charge in [0.15, 0.2) is 5.58 Å². The molecule has 0 aliphatic rings. The van der Waals surface area contributed by atoms with Crippen LogP contribution in [0, 0.1) is 0 Å². The Labute approximate surface area is 114 Å². The molecule has 96 valence electrons. The summed E-state index contributed by atoms with van der Waals surface area (Å²) in [5.41, 5.74) is 0.588. The molecule has 1 aromatic heterocycles. The molecule has 5 heteroatoms. The Morgan fingerprint density at radius 3 is 2.39 bits per heavy atom. The van der Waals surface area contributed by atoms with Crippen LogP contribution in [0.5, 0.6) is 0 Å². The molecule has 3 nitrogen and oxygen atoms in total. The Morgan fingerprint density at radius 1 is 1.28 bits per heavy atom. The van der Waals surface area contributed by atoms with Crippen LogP contribution in [0.3, 0.4) is 0 Å². The number of halogens is 2. The summed E-state index contributed by atoms with van der Waals surface area (Å²) in [5, 5.41) is 10.6. The van der Waals surface area contributed by atoms with Crippen molar-refractivity contribution in [2.24, 2.45) is 0 Å². The number of carboxylic acids is 1. The fourth-order valence-electron chi connectivity index (χ4n) is 2.02. The molecule has 18 heavy (non-hydrogen) atoms. The van der Waals surface area contributed by atoms with Gasteiger partial charge >= 0.3 is 5.97 Å². The van der Waals surface area contributed by atoms with Crippen LogP contribution in [0.2, 0.25) is 10.0 Å². The van der Waals surface area contributed by atoms with Crippen molar-refractivity contribution in [3.05, 3.63) is 33.5 Å². The number of hydrogen-bond acceptors (Lipinski definition) is 2. The number of furan rings is 1. The monoisotopic (exact) mass is 286 g/mol. The largest absolute Gasteiger partial charge is 0.475 e. The predicted molar refractivity (Wildman–Crippen MR) is 71.9 cm³/mol. The quantitative estimate of drug-likeness (QED) is 0.824. The van der Waals surface area contributed by atoms with Crippen molar-refractivity contribution in [2.75, 3.05) is 0 Å². The lowest BCUT2D eigenvalue weighted by atomic mass is 9.85. The van der Waals surface area contributed by atoms with Crippen molar-refractivity contribution in [3.63, 3.8) is 0 Å². The summed E-state index contributed by atoms with van der Waals surface area (Å²) in [7, 11) is 0. The van der Waals surface area contributed by atoms with E-state index in [1.54, 1.807) is 6.07 Å². The van der Waals surface area contributed by atoms with Gasteiger partial charge in [-0.05, 0) is 17.5 Å². The van der Waals surface area contributed by atoms with E-state index >= 15 is 0 Å². The molecule has 0 aliphatic carbocycles. The summed E-state index contributed by atoms with van der Waals surface area (Å²) < 4.78 is 5.38. The van der Waals surface area contributed by atoms with Crippen molar-refractivity contribution in [2.45, 2.75) is 26.2 Å². The molecular weight excluding hydrogens is 275 g/mol. The lowest BCUT2D eigenvalue weighted by Crippen LogP contribution is -2.15. The van der Waals surface area contributed by atoms with Crippen LogP contribution in [-0.2, 0) is 5.41 Å². The summed E-state index contributed by atoms with van der Waals surface area (Å²) in [6.07, 6.45) is 0. The number of rotatable bonds is 1. The van der Waals surface area contributed by atoms with Crippen LogP contribution in [0.15, 0.2) is 16.5 Å². The summed E-state index contributed by atoms with van der Waals surface area (Å²) in [5.74, 6) is -1.19. The summed E-state index contributed by atoms with van der Waals surface area (Å²) >= 11 is 12.0. The molecule has 0 atom stereocenters. The Balaban J connectivity index is 2.95. The van der Waals surface area contributed by atoms with Gasteiger partial charge in [0.25, 0.3) is 0 Å². The molecular formula is C13H12Cl2O3. The van der Waals surface area contributed by atoms with Crippen LogP contribution in [0.25, 0.3) is 11.0 Å². The van der Waals surface area contributed by atoms with E-state index in [0.717, 1.165) is 0 Å². The highest BCUT2D eigenvalue weighted by atomic mass is 35.5. The van der Waals surface area contributed by atoms with Crippen LogP contribution in [0.4, 0.5) is 0 Å². The first-order chi connectivity index (χ1) is 8.21. The molecule has 2 aromatic rings. The first-order valence-corrected chi connectivity index (χ1v) is 6.12. The van der Waals surface area contributed by atoms with E-state index in [1.165, 1.54) is 6.07 Å². The number of carboxylic acid groups (broad SMARTS) is 1. The average molecular weight is 287 g/mol. The molecule has 0 aliphatic heterocycles. The minimum Gasteiger partial charge on any atom is -0.475 e. The Morgan fingerprint density at radius 2 is 1.89 bits per heavy atom. The molecule has 1 N–H and O–H groups in total. The third-order valence-corrected chi connectivity index (χ3v) is 3.15. The van der Waals surface area contributed by atoms with Crippen LogP contribution < -0.4 is 0 Å². The predicted octanol–water partition coefficient (Wildman–Crippen LogP) is 4.74. The van der Waals surface area contributed by atoms with Gasteiger partial charge in [0.05, 0.1) is 5.02 Å². The van der Waals surface area contributed by atoms with Crippen molar-refractivity contribution in [1.82, 2.24) is 0 Å². The topological polar surface area (TPSA) is 50.4 Å². The van der Waals surface area contributed by atoms with E-state index in [0.29, 0.717) is 26.6 Å². The van der Waals surface area contributed by atoms with Gasteiger partial charge in [0, 0.05) is 16.0 Å². The van der Waals surface area contributed by atoms with Gasteiger partial charge in [-0.3, -0.25) is 0 Å². The van der Waals surface area contributed by atoms with E-state index in [2.05, 4.69) is 0 Å². The maximum Gasteiger partial charge on any atom is 0.372 e. The normalized spacial score (nSPS) is 12.1. The Hall–Kier alpha value is -1.19. The molecule has 0 spiro atoms. The maximum atomic E-state index is 11.3. The molecule has 0 unspecified atom stereocenters. The molecule has 2 rings (SSSR count). The molecule has 0 bridgehead atoms. The third kappa shape index (κ3) is 2.08. The van der Waals surface area contributed by atoms with Gasteiger partial charge in [-0.2, -0.15) is 0 Å². The van der Waals surface area contributed by atoms with Gasteiger partial charge < -0.3 is 9.52 Å². The summed E-state index contributed by atoms with van der Waals surface area (Å²) in [6.45, 7) is 5.75. The molecule has 0 radical (unpaired) electrons. The van der Waals surface area contributed by atoms with Crippen LogP contribution in [0.1, 0.15) is 36.9 Å². The first-order valence-electron chi connectivity index (χ1n) is 5.37. The summed E-state index contributed by atoms with van der Waals surface area (Å²) in [4.78, 5) is 11.3. The van der Waals surface area contributed by atoms with Crippen molar-refractivity contribution in [3.8, 4) is 0 Å². The van der Waals surface area contributed by atoms with E-state index in [4.69, 9.17) is 27.6 Å². The van der Waals surface area contributed by atoms with Gasteiger partial charge in [0.2, 0.25) is 5.76 Å². The maximum absolute atomic E-state index is 11.3. The third-order valence-electron chi connectivity index (χ3n) is 2.65. The number of fused-ring (bicyclic) bond motifs is 1. The Bertz CT molecular complexity index is 636. The van der Waals surface area contributed by atoms with Crippen LogP contribution >= 0.6 is 23.2 Å². The van der Waals surface area contributed by atoms with Gasteiger partial charge in [-0.1, -0.05) is 44.0 Å². The standard InChI is InChI=1S/C13H12Cl2O3/c1-13(2,3)9-7-4-6(14)5-8(15)10(7)18-11(9)12(16)17/h4-5H,1-3H3,(H,16,17).